The third kappa shape index (κ3) is 3.95. The Morgan fingerprint density at radius 2 is 2.30 bits per heavy atom. The number of anilines is 1. The van der Waals surface area contributed by atoms with Crippen molar-refractivity contribution in [2.75, 3.05) is 25.6 Å². The number of ether oxygens (including phenoxy) is 1. The van der Waals surface area contributed by atoms with Gasteiger partial charge in [-0.15, -0.1) is 0 Å². The molecule has 1 atom stereocenters. The first kappa shape index (κ1) is 14.8. The topological polar surface area (TPSA) is 67.6 Å². The Labute approximate surface area is 120 Å². The van der Waals surface area contributed by atoms with Crippen LogP contribution in [0.25, 0.3) is 0 Å². The fourth-order valence-corrected chi connectivity index (χ4v) is 2.12. The number of hydrogen-bond acceptors (Lipinski definition) is 3. The second-order valence-corrected chi connectivity index (χ2v) is 5.26. The molecule has 0 saturated heterocycles. The summed E-state index contributed by atoms with van der Waals surface area (Å²) in [7, 11) is 1.65. The Balaban J connectivity index is 2.00. The molecule has 5 heteroatoms. The smallest absolute Gasteiger partial charge is 0.322 e. The van der Waals surface area contributed by atoms with E-state index in [1.807, 2.05) is 36.1 Å². The first-order valence-corrected chi connectivity index (χ1v) is 7.04. The number of carbonyl (C=O) groups is 1. The molecular formula is C15H23N3O2. The van der Waals surface area contributed by atoms with E-state index in [0.29, 0.717) is 19.2 Å². The largest absolute Gasteiger partial charge is 0.383 e. The highest BCUT2D eigenvalue weighted by atomic mass is 16.5. The molecule has 0 bridgehead atoms. The minimum atomic E-state index is -0.0635. The lowest BCUT2D eigenvalue weighted by Crippen LogP contribution is -2.39. The van der Waals surface area contributed by atoms with Crippen LogP contribution in [0.15, 0.2) is 24.3 Å². The summed E-state index contributed by atoms with van der Waals surface area (Å²) in [5.41, 5.74) is 7.65. The van der Waals surface area contributed by atoms with Gasteiger partial charge in [-0.05, 0) is 37.5 Å². The highest BCUT2D eigenvalue weighted by Crippen LogP contribution is 2.27. The summed E-state index contributed by atoms with van der Waals surface area (Å²) in [6.45, 7) is 3.11. The summed E-state index contributed by atoms with van der Waals surface area (Å²) in [6, 6.07) is 7.93. The summed E-state index contributed by atoms with van der Waals surface area (Å²) < 4.78 is 5.06. The standard InChI is InChI=1S/C15H23N3O2/c1-11(16)12-4-3-5-13(10-12)17-15(19)18(8-9-20-2)14-6-7-14/h3-5,10-11,14H,6-9,16H2,1-2H3,(H,17,19). The number of nitrogens with two attached hydrogens (primary N) is 1. The van der Waals surface area contributed by atoms with E-state index in [9.17, 15) is 4.79 Å². The van der Waals surface area contributed by atoms with Crippen LogP contribution in [-0.2, 0) is 4.74 Å². The first-order valence-electron chi connectivity index (χ1n) is 7.04. The van der Waals surface area contributed by atoms with Gasteiger partial charge in [-0.25, -0.2) is 4.79 Å². The van der Waals surface area contributed by atoms with E-state index in [4.69, 9.17) is 10.5 Å². The van der Waals surface area contributed by atoms with Gasteiger partial charge in [-0.1, -0.05) is 12.1 Å². The van der Waals surface area contributed by atoms with Crippen LogP contribution >= 0.6 is 0 Å². The predicted molar refractivity (Wildman–Crippen MR) is 79.7 cm³/mol. The molecule has 0 aromatic heterocycles. The Kier molecular flexibility index (Phi) is 4.98. The number of benzene rings is 1. The average Bonchev–Trinajstić information content (AvgIpc) is 3.24. The summed E-state index contributed by atoms with van der Waals surface area (Å²) in [6.07, 6.45) is 2.16. The van der Waals surface area contributed by atoms with Gasteiger partial charge in [0.2, 0.25) is 0 Å². The summed E-state index contributed by atoms with van der Waals surface area (Å²) >= 11 is 0. The normalized spacial score (nSPS) is 15.8. The van der Waals surface area contributed by atoms with Crippen molar-refractivity contribution in [2.45, 2.75) is 31.8 Å². The van der Waals surface area contributed by atoms with E-state index in [2.05, 4.69) is 5.32 Å². The lowest BCUT2D eigenvalue weighted by atomic mass is 10.1. The molecule has 1 aromatic carbocycles. The zero-order valence-electron chi connectivity index (χ0n) is 12.1. The second kappa shape index (κ2) is 6.72. The fourth-order valence-electron chi connectivity index (χ4n) is 2.12. The van der Waals surface area contributed by atoms with E-state index in [0.717, 1.165) is 24.1 Å². The second-order valence-electron chi connectivity index (χ2n) is 5.26. The molecule has 0 aliphatic heterocycles. The minimum absolute atomic E-state index is 0.0418. The zero-order chi connectivity index (χ0) is 14.5. The molecule has 20 heavy (non-hydrogen) atoms. The molecule has 1 fully saturated rings. The van der Waals surface area contributed by atoms with E-state index in [1.54, 1.807) is 7.11 Å². The number of nitrogens with zero attached hydrogens (tertiary/aromatic N) is 1. The zero-order valence-corrected chi connectivity index (χ0v) is 12.1. The van der Waals surface area contributed by atoms with Crippen LogP contribution in [0.5, 0.6) is 0 Å². The van der Waals surface area contributed by atoms with Crippen LogP contribution in [0.4, 0.5) is 10.5 Å². The number of methoxy groups -OCH3 is 1. The predicted octanol–water partition coefficient (Wildman–Crippen LogP) is 2.35. The summed E-state index contributed by atoms with van der Waals surface area (Å²) in [5.74, 6) is 0. The maximum absolute atomic E-state index is 12.3. The van der Waals surface area contributed by atoms with E-state index in [-0.39, 0.29) is 12.1 Å². The summed E-state index contributed by atoms with van der Waals surface area (Å²) in [5, 5.41) is 2.94. The number of amides is 2. The van der Waals surface area contributed by atoms with Gasteiger partial charge < -0.3 is 20.7 Å². The van der Waals surface area contributed by atoms with Gasteiger partial charge in [0.15, 0.2) is 0 Å². The van der Waals surface area contributed by atoms with Crippen LogP contribution in [0.2, 0.25) is 0 Å². The van der Waals surface area contributed by atoms with Crippen LogP contribution in [-0.4, -0.2) is 37.2 Å². The first-order chi connectivity index (χ1) is 9.61. The number of carbonyl (C=O) groups excluding carboxylic acids is 1. The third-order valence-electron chi connectivity index (χ3n) is 3.45. The van der Waals surface area contributed by atoms with Gasteiger partial charge in [0.1, 0.15) is 0 Å². The SMILES string of the molecule is COCCN(C(=O)Nc1cccc(C(C)N)c1)C1CC1. The van der Waals surface area contributed by atoms with Crippen molar-refractivity contribution >= 4 is 11.7 Å². The average molecular weight is 277 g/mol. The van der Waals surface area contributed by atoms with Crippen molar-refractivity contribution < 1.29 is 9.53 Å². The van der Waals surface area contributed by atoms with Gasteiger partial charge in [0.05, 0.1) is 6.61 Å². The maximum atomic E-state index is 12.3. The number of urea groups is 1. The molecule has 1 unspecified atom stereocenters. The highest BCUT2D eigenvalue weighted by molar-refractivity contribution is 5.89. The molecular weight excluding hydrogens is 254 g/mol. The quantitative estimate of drug-likeness (QED) is 0.838. The Hall–Kier alpha value is -1.59. The number of hydrogen-bond donors (Lipinski definition) is 2. The van der Waals surface area contributed by atoms with Crippen LogP contribution in [0, 0.1) is 0 Å². The highest BCUT2D eigenvalue weighted by Gasteiger charge is 2.32. The molecule has 2 amide bonds. The molecule has 3 N–H and O–H groups in total. The summed E-state index contributed by atoms with van der Waals surface area (Å²) in [4.78, 5) is 14.2. The molecule has 5 nitrogen and oxygen atoms in total. The van der Waals surface area contributed by atoms with Crippen molar-refractivity contribution in [2.24, 2.45) is 5.73 Å². The van der Waals surface area contributed by atoms with Gasteiger partial charge in [0, 0.05) is 31.4 Å². The van der Waals surface area contributed by atoms with Crippen LogP contribution < -0.4 is 11.1 Å². The molecule has 0 radical (unpaired) electrons. The van der Waals surface area contributed by atoms with Gasteiger partial charge in [-0.2, -0.15) is 0 Å². The van der Waals surface area contributed by atoms with Gasteiger partial charge in [-0.3, -0.25) is 0 Å². The molecule has 1 aliphatic rings. The van der Waals surface area contributed by atoms with Crippen molar-refractivity contribution in [3.8, 4) is 0 Å². The molecule has 1 saturated carbocycles. The Bertz CT molecular complexity index is 458. The van der Waals surface area contributed by atoms with Crippen LogP contribution in [0.1, 0.15) is 31.4 Å². The monoisotopic (exact) mass is 277 g/mol. The van der Waals surface area contributed by atoms with Gasteiger partial charge in [0.25, 0.3) is 0 Å². The van der Waals surface area contributed by atoms with E-state index in [1.165, 1.54) is 0 Å². The minimum Gasteiger partial charge on any atom is -0.383 e. The van der Waals surface area contributed by atoms with Crippen molar-refractivity contribution in [1.82, 2.24) is 4.90 Å². The van der Waals surface area contributed by atoms with Crippen LogP contribution in [0.3, 0.4) is 0 Å². The molecule has 0 spiro atoms. The van der Waals surface area contributed by atoms with Crippen molar-refractivity contribution in [1.29, 1.82) is 0 Å². The molecule has 110 valence electrons. The number of rotatable bonds is 6. The van der Waals surface area contributed by atoms with Crippen molar-refractivity contribution in [3.05, 3.63) is 29.8 Å². The van der Waals surface area contributed by atoms with E-state index >= 15 is 0 Å². The molecule has 0 heterocycles. The molecule has 1 aliphatic carbocycles. The van der Waals surface area contributed by atoms with Crippen molar-refractivity contribution in [3.63, 3.8) is 0 Å². The number of nitrogens with one attached hydrogen (secondary N) is 1. The lowest BCUT2D eigenvalue weighted by Gasteiger charge is -2.22. The molecule has 2 rings (SSSR count). The fraction of sp³-hybridized carbons (Fsp3) is 0.533. The Morgan fingerprint density at radius 3 is 2.90 bits per heavy atom. The Morgan fingerprint density at radius 1 is 1.55 bits per heavy atom. The third-order valence-corrected chi connectivity index (χ3v) is 3.45. The van der Waals surface area contributed by atoms with Gasteiger partial charge >= 0.3 is 6.03 Å². The lowest BCUT2D eigenvalue weighted by molar-refractivity contribution is 0.152. The molecule has 1 aromatic rings. The van der Waals surface area contributed by atoms with E-state index < -0.39 is 0 Å². The maximum Gasteiger partial charge on any atom is 0.322 e.